The molecule has 0 spiro atoms. The highest BCUT2D eigenvalue weighted by molar-refractivity contribution is 7.54. The number of rotatable bonds is 8. The van der Waals surface area contributed by atoms with Crippen LogP contribution in [0.3, 0.4) is 0 Å². The van der Waals surface area contributed by atoms with Gasteiger partial charge in [0.1, 0.15) is 5.75 Å². The molecular formula is C27H28NO6P. The minimum atomic E-state index is -3.69. The Hall–Kier alpha value is -3.25. The highest BCUT2D eigenvalue weighted by Crippen LogP contribution is 2.66. The standard InChI is InChI=1S/C27H28NO6P/c1-4-33-35(29,34-5-2)27-23-17-26-25(31-18-32-26)16-20(23)15-24(19-9-7-6-8-10-19)28(27)21-11-13-22(30-3)14-12-21/h6-17,27H,4-5,18H2,1-3H3. The summed E-state index contributed by atoms with van der Waals surface area (Å²) in [5.41, 5.74) is 4.33. The van der Waals surface area contributed by atoms with Crippen molar-refractivity contribution in [1.82, 2.24) is 0 Å². The van der Waals surface area contributed by atoms with Crippen molar-refractivity contribution in [1.29, 1.82) is 0 Å². The zero-order valence-electron chi connectivity index (χ0n) is 20.0. The van der Waals surface area contributed by atoms with Crippen LogP contribution in [0.25, 0.3) is 11.8 Å². The molecule has 2 aliphatic rings. The van der Waals surface area contributed by atoms with Crippen molar-refractivity contribution in [3.8, 4) is 17.2 Å². The van der Waals surface area contributed by atoms with Gasteiger partial charge in [-0.2, -0.15) is 0 Å². The molecule has 0 bridgehead atoms. The van der Waals surface area contributed by atoms with E-state index < -0.39 is 13.4 Å². The number of ether oxygens (including phenoxy) is 3. The number of hydrogen-bond acceptors (Lipinski definition) is 7. The molecule has 2 heterocycles. The van der Waals surface area contributed by atoms with Gasteiger partial charge in [-0.05, 0) is 73.0 Å². The Morgan fingerprint density at radius 2 is 1.60 bits per heavy atom. The number of benzene rings is 3. The average Bonchev–Trinajstić information content (AvgIpc) is 3.34. The fourth-order valence-electron chi connectivity index (χ4n) is 4.51. The topological polar surface area (TPSA) is 66.5 Å². The Bertz CT molecular complexity index is 1260. The smallest absolute Gasteiger partial charge is 0.357 e. The maximum absolute atomic E-state index is 14.5. The lowest BCUT2D eigenvalue weighted by Crippen LogP contribution is -2.31. The lowest BCUT2D eigenvalue weighted by atomic mass is 9.96. The first-order chi connectivity index (χ1) is 17.1. The van der Waals surface area contributed by atoms with Crippen molar-refractivity contribution < 1.29 is 27.8 Å². The van der Waals surface area contributed by atoms with E-state index >= 15 is 0 Å². The van der Waals surface area contributed by atoms with Crippen LogP contribution in [0, 0.1) is 0 Å². The minimum Gasteiger partial charge on any atom is -0.497 e. The van der Waals surface area contributed by atoms with E-state index in [9.17, 15) is 4.57 Å². The number of nitrogens with zero attached hydrogens (tertiary/aromatic N) is 1. The molecule has 182 valence electrons. The molecule has 3 aromatic rings. The Morgan fingerprint density at radius 1 is 0.943 bits per heavy atom. The first kappa shape index (κ1) is 23.5. The number of fused-ring (bicyclic) bond motifs is 2. The highest BCUT2D eigenvalue weighted by atomic mass is 31.2. The SMILES string of the molecule is CCOP(=O)(OCC)C1c2cc3c(cc2C=C(c2ccccc2)N1c1ccc(OC)cc1)OCO3. The van der Waals surface area contributed by atoms with Crippen LogP contribution in [-0.4, -0.2) is 27.1 Å². The summed E-state index contributed by atoms with van der Waals surface area (Å²) in [7, 11) is -2.06. The van der Waals surface area contributed by atoms with E-state index in [2.05, 4.69) is 6.08 Å². The fraction of sp³-hybridized carbons (Fsp3) is 0.259. The minimum absolute atomic E-state index is 0.148. The van der Waals surface area contributed by atoms with Gasteiger partial charge in [0.2, 0.25) is 6.79 Å². The van der Waals surface area contributed by atoms with Gasteiger partial charge < -0.3 is 28.2 Å². The molecular weight excluding hydrogens is 465 g/mol. The average molecular weight is 493 g/mol. The molecule has 0 saturated heterocycles. The van der Waals surface area contributed by atoms with Crippen molar-refractivity contribution >= 4 is 25.1 Å². The lowest BCUT2D eigenvalue weighted by Gasteiger charge is -2.42. The Kier molecular flexibility index (Phi) is 6.56. The van der Waals surface area contributed by atoms with Gasteiger partial charge in [0.15, 0.2) is 17.3 Å². The largest absolute Gasteiger partial charge is 0.497 e. The first-order valence-corrected chi connectivity index (χ1v) is 13.2. The summed E-state index contributed by atoms with van der Waals surface area (Å²) in [6.07, 6.45) is 2.08. The first-order valence-electron chi connectivity index (χ1n) is 11.6. The number of anilines is 1. The second-order valence-electron chi connectivity index (χ2n) is 8.05. The van der Waals surface area contributed by atoms with Crippen molar-refractivity contribution in [2.24, 2.45) is 0 Å². The van der Waals surface area contributed by atoms with Crippen LogP contribution in [0.15, 0.2) is 66.7 Å². The van der Waals surface area contributed by atoms with Gasteiger partial charge in [-0.15, -0.1) is 0 Å². The second-order valence-corrected chi connectivity index (χ2v) is 10.1. The van der Waals surface area contributed by atoms with E-state index in [1.165, 1.54) is 0 Å². The quantitative estimate of drug-likeness (QED) is 0.323. The van der Waals surface area contributed by atoms with Crippen LogP contribution in [0.2, 0.25) is 0 Å². The van der Waals surface area contributed by atoms with Gasteiger partial charge in [0.05, 0.1) is 26.0 Å². The molecule has 1 atom stereocenters. The summed E-state index contributed by atoms with van der Waals surface area (Å²) in [6.45, 7) is 4.28. The van der Waals surface area contributed by atoms with E-state index in [1.54, 1.807) is 7.11 Å². The second kappa shape index (κ2) is 9.78. The molecule has 3 aromatic carbocycles. The van der Waals surface area contributed by atoms with Crippen LogP contribution in [0.4, 0.5) is 5.69 Å². The van der Waals surface area contributed by atoms with E-state index in [0.29, 0.717) is 11.5 Å². The third-order valence-electron chi connectivity index (χ3n) is 5.99. The molecule has 0 aromatic heterocycles. The Balaban J connectivity index is 1.79. The summed E-state index contributed by atoms with van der Waals surface area (Å²) in [6, 6.07) is 21.5. The summed E-state index contributed by atoms with van der Waals surface area (Å²) in [5, 5.41) is 0. The molecule has 0 amide bonds. The molecule has 7 nitrogen and oxygen atoms in total. The maximum Gasteiger partial charge on any atom is 0.357 e. The third kappa shape index (κ3) is 4.31. The third-order valence-corrected chi connectivity index (χ3v) is 8.33. The van der Waals surface area contributed by atoms with E-state index in [0.717, 1.165) is 33.8 Å². The molecule has 0 N–H and O–H groups in total. The highest BCUT2D eigenvalue weighted by Gasteiger charge is 2.46. The molecule has 35 heavy (non-hydrogen) atoms. The van der Waals surface area contributed by atoms with Gasteiger partial charge >= 0.3 is 7.60 Å². The van der Waals surface area contributed by atoms with Gasteiger partial charge in [0.25, 0.3) is 0 Å². The van der Waals surface area contributed by atoms with Crippen LogP contribution in [0.5, 0.6) is 17.2 Å². The maximum atomic E-state index is 14.5. The van der Waals surface area contributed by atoms with Crippen molar-refractivity contribution in [3.05, 3.63) is 83.4 Å². The van der Waals surface area contributed by atoms with Gasteiger partial charge in [0, 0.05) is 5.69 Å². The zero-order chi connectivity index (χ0) is 24.4. The van der Waals surface area contributed by atoms with E-state index in [-0.39, 0.29) is 20.0 Å². The number of methoxy groups -OCH3 is 1. The summed E-state index contributed by atoms with van der Waals surface area (Å²) >= 11 is 0. The molecule has 0 saturated carbocycles. The van der Waals surface area contributed by atoms with Gasteiger partial charge in [-0.1, -0.05) is 30.3 Å². The number of hydrogen-bond donors (Lipinski definition) is 0. The van der Waals surface area contributed by atoms with Gasteiger partial charge in [-0.25, -0.2) is 0 Å². The predicted molar refractivity (Wildman–Crippen MR) is 136 cm³/mol. The van der Waals surface area contributed by atoms with Crippen LogP contribution in [0.1, 0.15) is 36.3 Å². The molecule has 5 rings (SSSR count). The Labute approximate surface area is 205 Å². The van der Waals surface area contributed by atoms with Crippen LogP contribution < -0.4 is 19.1 Å². The molecule has 0 fully saturated rings. The molecule has 0 aliphatic carbocycles. The lowest BCUT2D eigenvalue weighted by molar-refractivity contribution is 0.174. The monoisotopic (exact) mass is 493 g/mol. The fourth-order valence-corrected chi connectivity index (χ4v) is 6.70. The molecule has 0 radical (unpaired) electrons. The van der Waals surface area contributed by atoms with Crippen molar-refractivity contribution in [2.45, 2.75) is 19.6 Å². The predicted octanol–water partition coefficient (Wildman–Crippen LogP) is 6.71. The van der Waals surface area contributed by atoms with Crippen LogP contribution >= 0.6 is 7.60 Å². The van der Waals surface area contributed by atoms with E-state index in [1.807, 2.05) is 85.5 Å². The molecule has 1 unspecified atom stereocenters. The summed E-state index contributed by atoms with van der Waals surface area (Å²) < 4.78 is 43.1. The summed E-state index contributed by atoms with van der Waals surface area (Å²) in [4.78, 5) is 2.03. The molecule has 8 heteroatoms. The van der Waals surface area contributed by atoms with Crippen LogP contribution in [-0.2, 0) is 13.6 Å². The van der Waals surface area contributed by atoms with Crippen molar-refractivity contribution in [3.63, 3.8) is 0 Å². The van der Waals surface area contributed by atoms with Gasteiger partial charge in [-0.3, -0.25) is 4.57 Å². The van der Waals surface area contributed by atoms with Crippen molar-refractivity contribution in [2.75, 3.05) is 32.0 Å². The summed E-state index contributed by atoms with van der Waals surface area (Å²) in [5.74, 6) is 1.25. The normalized spacial score (nSPS) is 16.6. The zero-order valence-corrected chi connectivity index (χ0v) is 20.9. The van der Waals surface area contributed by atoms with E-state index in [4.69, 9.17) is 23.3 Å². The Morgan fingerprint density at radius 3 is 2.23 bits per heavy atom. The molecule has 2 aliphatic heterocycles.